The molecule has 0 aromatic carbocycles. The zero-order valence-corrected chi connectivity index (χ0v) is 11.6. The third kappa shape index (κ3) is 3.33. The number of nitrogens with zero attached hydrogens (tertiary/aromatic N) is 3. The molecule has 0 spiro atoms. The Labute approximate surface area is 112 Å². The van der Waals surface area contributed by atoms with E-state index in [1.54, 1.807) is 6.92 Å². The van der Waals surface area contributed by atoms with Gasteiger partial charge in [0.1, 0.15) is 0 Å². The molecule has 1 N–H and O–H groups in total. The molecular weight excluding hydrogens is 244 g/mol. The van der Waals surface area contributed by atoms with Gasteiger partial charge in [-0.15, -0.1) is 0 Å². The van der Waals surface area contributed by atoms with E-state index in [1.807, 2.05) is 9.80 Å². The predicted molar refractivity (Wildman–Crippen MR) is 73.2 cm³/mol. The van der Waals surface area contributed by atoms with Crippen LogP contribution in [0.5, 0.6) is 0 Å². The van der Waals surface area contributed by atoms with Crippen LogP contribution in [-0.4, -0.2) is 47.0 Å². The van der Waals surface area contributed by atoms with Gasteiger partial charge in [-0.2, -0.15) is 0 Å². The van der Waals surface area contributed by atoms with E-state index < -0.39 is 0 Å². The van der Waals surface area contributed by atoms with Gasteiger partial charge >= 0.3 is 0 Å². The Bertz CT molecular complexity index is 524. The number of rotatable bonds is 3. The monoisotopic (exact) mass is 264 g/mol. The minimum absolute atomic E-state index is 0.0871. The lowest BCUT2D eigenvalue weighted by molar-refractivity contribution is -0.131. The van der Waals surface area contributed by atoms with Crippen molar-refractivity contribution < 1.29 is 4.79 Å². The molecule has 1 aromatic rings. The average molecular weight is 264 g/mol. The summed E-state index contributed by atoms with van der Waals surface area (Å²) in [6.45, 7) is 8.40. The number of carbonyl (C=O) groups is 1. The highest BCUT2D eigenvalue weighted by molar-refractivity contribution is 5.82. The standard InChI is InChI=1S/C13H20N4O2/c1-9(2)7-16-4-5-17(8-12(16)19)13-14-10(3)6-11(18)15-13/h6,9H,4-5,7-8H2,1-3H3,(H,14,15,18). The highest BCUT2D eigenvalue weighted by Gasteiger charge is 2.25. The van der Waals surface area contributed by atoms with Crippen LogP contribution in [0.2, 0.25) is 0 Å². The molecule has 104 valence electrons. The number of aromatic nitrogens is 2. The minimum atomic E-state index is -0.181. The van der Waals surface area contributed by atoms with E-state index >= 15 is 0 Å². The number of hydrogen-bond donors (Lipinski definition) is 1. The summed E-state index contributed by atoms with van der Waals surface area (Å²) in [4.78, 5) is 34.1. The molecule has 0 atom stereocenters. The molecule has 19 heavy (non-hydrogen) atoms. The molecule has 0 bridgehead atoms. The van der Waals surface area contributed by atoms with Crippen LogP contribution in [0.4, 0.5) is 5.95 Å². The van der Waals surface area contributed by atoms with Crippen molar-refractivity contribution in [2.75, 3.05) is 31.1 Å². The van der Waals surface area contributed by atoms with Crippen LogP contribution in [0.3, 0.4) is 0 Å². The zero-order chi connectivity index (χ0) is 14.0. The van der Waals surface area contributed by atoms with Crippen molar-refractivity contribution in [1.29, 1.82) is 0 Å². The molecule has 6 nitrogen and oxygen atoms in total. The lowest BCUT2D eigenvalue weighted by Gasteiger charge is -2.35. The van der Waals surface area contributed by atoms with E-state index in [0.29, 0.717) is 30.6 Å². The van der Waals surface area contributed by atoms with E-state index in [9.17, 15) is 9.59 Å². The molecule has 1 aliphatic heterocycles. The number of amides is 1. The summed E-state index contributed by atoms with van der Waals surface area (Å²) < 4.78 is 0. The highest BCUT2D eigenvalue weighted by Crippen LogP contribution is 2.12. The molecule has 0 saturated carbocycles. The average Bonchev–Trinajstić information content (AvgIpc) is 2.30. The van der Waals surface area contributed by atoms with Gasteiger partial charge in [-0.25, -0.2) is 4.98 Å². The van der Waals surface area contributed by atoms with Crippen molar-refractivity contribution in [3.8, 4) is 0 Å². The van der Waals surface area contributed by atoms with Crippen molar-refractivity contribution in [2.24, 2.45) is 5.92 Å². The van der Waals surface area contributed by atoms with E-state index in [2.05, 4.69) is 23.8 Å². The van der Waals surface area contributed by atoms with Crippen molar-refractivity contribution in [3.05, 3.63) is 22.1 Å². The first kappa shape index (κ1) is 13.6. The van der Waals surface area contributed by atoms with Crippen LogP contribution in [0, 0.1) is 12.8 Å². The summed E-state index contributed by atoms with van der Waals surface area (Å²) in [6, 6.07) is 1.44. The Hall–Kier alpha value is -1.85. The number of carbonyl (C=O) groups excluding carboxylic acids is 1. The number of hydrogen-bond acceptors (Lipinski definition) is 4. The molecule has 1 amide bonds. The van der Waals surface area contributed by atoms with Gasteiger partial charge in [-0.1, -0.05) is 13.8 Å². The molecule has 0 aliphatic carbocycles. The van der Waals surface area contributed by atoms with Crippen molar-refractivity contribution in [1.82, 2.24) is 14.9 Å². The molecule has 1 aromatic heterocycles. The second-order valence-electron chi connectivity index (χ2n) is 5.37. The maximum absolute atomic E-state index is 12.0. The predicted octanol–water partition coefficient (Wildman–Crippen LogP) is 0.383. The topological polar surface area (TPSA) is 69.3 Å². The first-order valence-corrected chi connectivity index (χ1v) is 6.56. The second-order valence-corrected chi connectivity index (χ2v) is 5.37. The van der Waals surface area contributed by atoms with E-state index in [0.717, 1.165) is 6.54 Å². The molecule has 0 radical (unpaired) electrons. The van der Waals surface area contributed by atoms with Gasteiger partial charge in [0.05, 0.1) is 6.54 Å². The lowest BCUT2D eigenvalue weighted by Crippen LogP contribution is -2.52. The molecule has 1 saturated heterocycles. The molecule has 2 rings (SSSR count). The first-order chi connectivity index (χ1) is 8.95. The Morgan fingerprint density at radius 1 is 1.37 bits per heavy atom. The van der Waals surface area contributed by atoms with Gasteiger partial charge in [-0.05, 0) is 12.8 Å². The Morgan fingerprint density at radius 3 is 2.68 bits per heavy atom. The van der Waals surface area contributed by atoms with E-state index in [1.165, 1.54) is 6.07 Å². The maximum Gasteiger partial charge on any atom is 0.252 e. The van der Waals surface area contributed by atoms with Gasteiger partial charge in [0, 0.05) is 31.4 Å². The molecule has 1 fully saturated rings. The minimum Gasteiger partial charge on any atom is -0.339 e. The quantitative estimate of drug-likeness (QED) is 0.857. The zero-order valence-electron chi connectivity index (χ0n) is 11.6. The summed E-state index contributed by atoms with van der Waals surface area (Å²) in [5.41, 5.74) is 0.482. The first-order valence-electron chi connectivity index (χ1n) is 6.56. The normalized spacial score (nSPS) is 16.3. The smallest absolute Gasteiger partial charge is 0.252 e. The lowest BCUT2D eigenvalue weighted by atomic mass is 10.2. The number of anilines is 1. The number of nitrogens with one attached hydrogen (secondary N) is 1. The van der Waals surface area contributed by atoms with E-state index in [-0.39, 0.29) is 18.0 Å². The maximum atomic E-state index is 12.0. The number of aromatic amines is 1. The fourth-order valence-corrected chi connectivity index (χ4v) is 2.24. The van der Waals surface area contributed by atoms with Gasteiger partial charge in [0.2, 0.25) is 11.9 Å². The molecule has 6 heteroatoms. The summed E-state index contributed by atoms with van der Waals surface area (Å²) in [5, 5.41) is 0. The number of aryl methyl sites for hydroxylation is 1. The van der Waals surface area contributed by atoms with Crippen molar-refractivity contribution >= 4 is 11.9 Å². The number of H-pyrrole nitrogens is 1. The Balaban J connectivity index is 2.09. The van der Waals surface area contributed by atoms with Crippen LogP contribution in [-0.2, 0) is 4.79 Å². The van der Waals surface area contributed by atoms with Gasteiger partial charge in [0.25, 0.3) is 5.56 Å². The second kappa shape index (κ2) is 5.42. The van der Waals surface area contributed by atoms with Crippen LogP contribution >= 0.6 is 0 Å². The molecule has 0 unspecified atom stereocenters. The van der Waals surface area contributed by atoms with Crippen LogP contribution in [0.15, 0.2) is 10.9 Å². The van der Waals surface area contributed by atoms with Crippen LogP contribution in [0.25, 0.3) is 0 Å². The Kier molecular flexibility index (Phi) is 3.87. The summed E-state index contributed by atoms with van der Waals surface area (Å²) in [6.07, 6.45) is 0. The summed E-state index contributed by atoms with van der Waals surface area (Å²) in [5.74, 6) is 1.04. The molecule has 2 heterocycles. The number of piperazine rings is 1. The van der Waals surface area contributed by atoms with E-state index in [4.69, 9.17) is 0 Å². The van der Waals surface area contributed by atoms with Gasteiger partial charge in [0.15, 0.2) is 0 Å². The molecular formula is C13H20N4O2. The van der Waals surface area contributed by atoms with Crippen LogP contribution < -0.4 is 10.5 Å². The largest absolute Gasteiger partial charge is 0.339 e. The molecule has 1 aliphatic rings. The fraction of sp³-hybridized carbons (Fsp3) is 0.615. The van der Waals surface area contributed by atoms with Gasteiger partial charge in [-0.3, -0.25) is 14.6 Å². The van der Waals surface area contributed by atoms with Gasteiger partial charge < -0.3 is 9.80 Å². The summed E-state index contributed by atoms with van der Waals surface area (Å²) in [7, 11) is 0. The fourth-order valence-electron chi connectivity index (χ4n) is 2.24. The Morgan fingerprint density at radius 2 is 2.11 bits per heavy atom. The summed E-state index contributed by atoms with van der Waals surface area (Å²) >= 11 is 0. The third-order valence-corrected chi connectivity index (χ3v) is 3.06. The SMILES string of the molecule is Cc1cc(=O)[nH]c(N2CCN(CC(C)C)C(=O)C2)n1. The van der Waals surface area contributed by atoms with Crippen molar-refractivity contribution in [2.45, 2.75) is 20.8 Å². The van der Waals surface area contributed by atoms with Crippen molar-refractivity contribution in [3.63, 3.8) is 0 Å². The highest BCUT2D eigenvalue weighted by atomic mass is 16.2. The van der Waals surface area contributed by atoms with Crippen LogP contribution in [0.1, 0.15) is 19.5 Å². The third-order valence-electron chi connectivity index (χ3n) is 3.06.